The van der Waals surface area contributed by atoms with Gasteiger partial charge >= 0.3 is 0 Å². The number of benzene rings is 1. The lowest BCUT2D eigenvalue weighted by Gasteiger charge is -2.26. The van der Waals surface area contributed by atoms with Crippen molar-refractivity contribution in [1.29, 1.82) is 0 Å². The first-order valence-corrected chi connectivity index (χ1v) is 8.19. The molecular weight excluding hydrogens is 215 g/mol. The van der Waals surface area contributed by atoms with E-state index in [4.69, 9.17) is 6.66 Å². The van der Waals surface area contributed by atoms with Gasteiger partial charge in [0, 0.05) is 0 Å². The fraction of sp³-hybridized carbons (Fsp3) is 0.429. The average Bonchev–Trinajstić information content (AvgIpc) is 2.79. The van der Waals surface area contributed by atoms with E-state index in [1.165, 1.54) is 5.30 Å². The van der Waals surface area contributed by atoms with Crippen molar-refractivity contribution in [2.75, 3.05) is 6.66 Å². The summed E-state index contributed by atoms with van der Waals surface area (Å²) in [4.78, 5) is 11.1. The second-order valence-electron chi connectivity index (χ2n) is 4.78. The predicted molar refractivity (Wildman–Crippen MR) is 70.4 cm³/mol. The summed E-state index contributed by atoms with van der Waals surface area (Å²) in [5.41, 5.74) is 0.396. The Bertz CT molecular complexity index is 358. The van der Waals surface area contributed by atoms with Crippen molar-refractivity contribution in [2.24, 2.45) is 5.92 Å². The smallest absolute Gasteiger partial charge is 0.155 e. The first kappa shape index (κ1) is 11.8. The summed E-state index contributed by atoms with van der Waals surface area (Å²) in [7, 11) is -1.65. The van der Waals surface area contributed by atoms with Crippen LogP contribution in [0.1, 0.15) is 19.3 Å². The van der Waals surface area contributed by atoms with Gasteiger partial charge in [0.2, 0.25) is 0 Å². The maximum atomic E-state index is 11.1. The molecule has 2 radical (unpaired) electrons. The molecule has 0 saturated heterocycles. The summed E-state index contributed by atoms with van der Waals surface area (Å²) in [6.07, 6.45) is 4.40. The minimum atomic E-state index is -1.65. The molecule has 3 unspecified atom stereocenters. The first-order chi connectivity index (χ1) is 7.66. The van der Waals surface area contributed by atoms with Crippen LogP contribution in [-0.4, -0.2) is 18.6 Å². The van der Waals surface area contributed by atoms with Crippen molar-refractivity contribution >= 4 is 18.9 Å². The number of hydrogen-bond acceptors (Lipinski definition) is 1. The second kappa shape index (κ2) is 4.67. The van der Waals surface area contributed by atoms with Gasteiger partial charge in [-0.25, -0.2) is 0 Å². The molecule has 1 saturated carbocycles. The van der Waals surface area contributed by atoms with Gasteiger partial charge < -0.3 is 4.79 Å². The molecule has 0 N–H and O–H groups in total. The Morgan fingerprint density at radius 2 is 2.00 bits per heavy atom. The van der Waals surface area contributed by atoms with Crippen LogP contribution in [0.3, 0.4) is 0 Å². The molecule has 84 valence electrons. The third kappa shape index (κ3) is 2.06. The van der Waals surface area contributed by atoms with E-state index in [2.05, 4.69) is 18.8 Å². The Morgan fingerprint density at radius 1 is 1.31 bits per heavy atom. The van der Waals surface area contributed by atoms with Crippen molar-refractivity contribution in [3.63, 3.8) is 0 Å². The Morgan fingerprint density at radius 3 is 2.62 bits per heavy atom. The predicted octanol–water partition coefficient (Wildman–Crippen LogP) is 3.00. The lowest BCUT2D eigenvalue weighted by atomic mass is 10.1. The summed E-state index contributed by atoms with van der Waals surface area (Å²) >= 11 is 0. The van der Waals surface area contributed by atoms with E-state index >= 15 is 0 Å². The lowest BCUT2D eigenvalue weighted by Crippen LogP contribution is -2.24. The highest BCUT2D eigenvalue weighted by atomic mass is 31.2. The molecule has 2 heteroatoms. The van der Waals surface area contributed by atoms with Gasteiger partial charge in [-0.15, -0.1) is 0 Å². The third-order valence-corrected chi connectivity index (χ3v) is 7.14. The topological polar surface area (TPSA) is 17.1 Å². The highest BCUT2D eigenvalue weighted by Gasteiger charge is 2.46. The zero-order valence-electron chi connectivity index (χ0n) is 9.67. The van der Waals surface area contributed by atoms with E-state index < -0.39 is 7.26 Å². The molecule has 1 fully saturated rings. The summed E-state index contributed by atoms with van der Waals surface area (Å²) < 4.78 is 0. The molecule has 0 spiro atoms. The molecule has 1 aliphatic carbocycles. The molecule has 1 aromatic rings. The van der Waals surface area contributed by atoms with E-state index in [1.54, 1.807) is 0 Å². The number of rotatable bonds is 3. The summed E-state index contributed by atoms with van der Waals surface area (Å²) in [5, 5.41) is 1.24. The Hall–Kier alpha value is -0.680. The van der Waals surface area contributed by atoms with Gasteiger partial charge in [0.15, 0.2) is 6.66 Å². The van der Waals surface area contributed by atoms with Gasteiger partial charge in [0.05, 0.1) is 30.8 Å². The first-order valence-electron chi connectivity index (χ1n) is 5.82. The molecule has 1 nitrogen and oxygen atoms in total. The third-order valence-electron chi connectivity index (χ3n) is 3.71. The molecule has 1 aliphatic rings. The highest BCUT2D eigenvalue weighted by molar-refractivity contribution is 7.84. The van der Waals surface area contributed by atoms with Gasteiger partial charge in [0.25, 0.3) is 0 Å². The fourth-order valence-electron chi connectivity index (χ4n) is 2.73. The monoisotopic (exact) mass is 233 g/mol. The van der Waals surface area contributed by atoms with Gasteiger partial charge in [0.1, 0.15) is 6.29 Å². The number of carbonyl (C=O) groups is 1. The van der Waals surface area contributed by atoms with E-state index in [9.17, 15) is 4.79 Å². The SMILES string of the molecule is [CH][P+](C)(c1ccccc1)C1CCCC1C=O. The largest absolute Gasteiger partial charge is 0.303 e. The van der Waals surface area contributed by atoms with E-state index in [0.29, 0.717) is 5.66 Å². The summed E-state index contributed by atoms with van der Waals surface area (Å²) in [5.74, 6) is 0.184. The highest BCUT2D eigenvalue weighted by Crippen LogP contribution is 2.62. The van der Waals surface area contributed by atoms with Crippen molar-refractivity contribution < 1.29 is 4.79 Å². The molecule has 16 heavy (non-hydrogen) atoms. The van der Waals surface area contributed by atoms with Gasteiger partial charge in [-0.2, -0.15) is 0 Å². The molecule has 3 atom stereocenters. The molecule has 2 rings (SSSR count). The average molecular weight is 233 g/mol. The quantitative estimate of drug-likeness (QED) is 0.579. The normalized spacial score (nSPS) is 25.6. The van der Waals surface area contributed by atoms with Gasteiger partial charge in [-0.05, 0) is 31.4 Å². The Balaban J connectivity index is 2.28. The van der Waals surface area contributed by atoms with Crippen LogP contribution < -0.4 is 5.30 Å². The molecule has 0 heterocycles. The molecule has 0 aliphatic heterocycles. The van der Waals surface area contributed by atoms with Crippen LogP contribution in [0.15, 0.2) is 30.3 Å². The van der Waals surface area contributed by atoms with E-state index in [-0.39, 0.29) is 5.92 Å². The summed E-state index contributed by atoms with van der Waals surface area (Å²) in [6, 6.07) is 10.3. The number of aldehydes is 1. The molecule has 0 bridgehead atoms. The lowest BCUT2D eigenvalue weighted by molar-refractivity contribution is -0.110. The van der Waals surface area contributed by atoms with E-state index in [1.807, 2.05) is 18.2 Å². The number of carbonyl (C=O) groups excluding carboxylic acids is 1. The van der Waals surface area contributed by atoms with Crippen LogP contribution in [0.2, 0.25) is 0 Å². The van der Waals surface area contributed by atoms with Crippen LogP contribution in [0.4, 0.5) is 0 Å². The van der Waals surface area contributed by atoms with Crippen LogP contribution in [-0.2, 0) is 4.79 Å². The zero-order valence-corrected chi connectivity index (χ0v) is 10.6. The van der Waals surface area contributed by atoms with Crippen LogP contribution in [0.25, 0.3) is 0 Å². The Labute approximate surface area is 98.6 Å². The maximum absolute atomic E-state index is 11.1. The minimum Gasteiger partial charge on any atom is -0.303 e. The van der Waals surface area contributed by atoms with Crippen molar-refractivity contribution in [3.8, 4) is 0 Å². The Kier molecular flexibility index (Phi) is 3.44. The summed E-state index contributed by atoms with van der Waals surface area (Å²) in [6.45, 7) is 8.72. The molecule has 0 aromatic heterocycles. The van der Waals surface area contributed by atoms with Gasteiger partial charge in [-0.1, -0.05) is 18.2 Å². The van der Waals surface area contributed by atoms with Crippen molar-refractivity contribution in [3.05, 3.63) is 37.0 Å². The van der Waals surface area contributed by atoms with E-state index in [0.717, 1.165) is 25.5 Å². The minimum absolute atomic E-state index is 0.184. The number of hydrogen-bond donors (Lipinski definition) is 0. The van der Waals surface area contributed by atoms with Crippen LogP contribution >= 0.6 is 7.26 Å². The zero-order chi connectivity index (χ0) is 11.6. The molecule has 0 amide bonds. The second-order valence-corrected chi connectivity index (χ2v) is 8.26. The maximum Gasteiger partial charge on any atom is 0.155 e. The van der Waals surface area contributed by atoms with Crippen molar-refractivity contribution in [2.45, 2.75) is 24.9 Å². The van der Waals surface area contributed by atoms with Crippen molar-refractivity contribution in [1.82, 2.24) is 0 Å². The van der Waals surface area contributed by atoms with Gasteiger partial charge in [-0.3, -0.25) is 0 Å². The fourth-order valence-corrected chi connectivity index (χ4v) is 5.67. The molecule has 1 aromatic carbocycles. The standard InChI is InChI=1S/C14H18OP/c1-16(2,13-8-4-3-5-9-13)14-10-6-7-12(14)11-15/h1,3-5,8-9,11-12,14H,6-7,10H2,2H3/q+1. The van der Waals surface area contributed by atoms with Crippen LogP contribution in [0.5, 0.6) is 0 Å². The molecular formula is C14H18OP+. The van der Waals surface area contributed by atoms with Crippen LogP contribution in [0, 0.1) is 12.6 Å².